The second-order valence-electron chi connectivity index (χ2n) is 7.46. The SMILES string of the molecule is CN(Cc1ccsc1)C(=O)CC1C(=O)NCCN1C1Cc2ccccc2C1. The van der Waals surface area contributed by atoms with Crippen molar-refractivity contribution in [3.05, 3.63) is 57.8 Å². The molecule has 2 heterocycles. The Morgan fingerprint density at radius 2 is 2.00 bits per heavy atom. The molecule has 0 spiro atoms. The topological polar surface area (TPSA) is 52.7 Å². The second-order valence-corrected chi connectivity index (χ2v) is 8.24. The number of hydrogen-bond acceptors (Lipinski definition) is 4. The van der Waals surface area contributed by atoms with Crippen molar-refractivity contribution in [2.75, 3.05) is 20.1 Å². The zero-order chi connectivity index (χ0) is 18.8. The molecule has 1 fully saturated rings. The van der Waals surface area contributed by atoms with E-state index >= 15 is 0 Å². The first-order valence-electron chi connectivity index (χ1n) is 9.47. The van der Waals surface area contributed by atoms with Crippen molar-refractivity contribution in [1.82, 2.24) is 15.1 Å². The highest BCUT2D eigenvalue weighted by atomic mass is 32.1. The quantitative estimate of drug-likeness (QED) is 0.860. The molecule has 2 aliphatic rings. The van der Waals surface area contributed by atoms with Crippen LogP contribution >= 0.6 is 11.3 Å². The molecule has 0 radical (unpaired) electrons. The number of fused-ring (bicyclic) bond motifs is 1. The summed E-state index contributed by atoms with van der Waals surface area (Å²) in [5.74, 6) is -0.00162. The van der Waals surface area contributed by atoms with Crippen LogP contribution in [0.3, 0.4) is 0 Å². The highest BCUT2D eigenvalue weighted by Gasteiger charge is 2.38. The minimum atomic E-state index is -0.379. The van der Waals surface area contributed by atoms with Gasteiger partial charge in [0.1, 0.15) is 0 Å². The van der Waals surface area contributed by atoms with Crippen molar-refractivity contribution in [2.24, 2.45) is 0 Å². The number of hydrogen-bond donors (Lipinski definition) is 1. The molecular formula is C21H25N3O2S. The summed E-state index contributed by atoms with van der Waals surface area (Å²) in [4.78, 5) is 29.4. The van der Waals surface area contributed by atoms with Crippen LogP contribution in [0.5, 0.6) is 0 Å². The predicted octanol–water partition coefficient (Wildman–Crippen LogP) is 2.06. The zero-order valence-electron chi connectivity index (χ0n) is 15.6. The molecule has 142 valence electrons. The molecular weight excluding hydrogens is 358 g/mol. The second kappa shape index (κ2) is 7.82. The Bertz CT molecular complexity index is 796. The molecule has 27 heavy (non-hydrogen) atoms. The maximum Gasteiger partial charge on any atom is 0.237 e. The summed E-state index contributed by atoms with van der Waals surface area (Å²) < 4.78 is 0. The van der Waals surface area contributed by atoms with Gasteiger partial charge in [-0.2, -0.15) is 11.3 Å². The first-order valence-corrected chi connectivity index (χ1v) is 10.4. The zero-order valence-corrected chi connectivity index (χ0v) is 16.4. The number of thiophene rings is 1. The molecule has 0 saturated carbocycles. The Balaban J connectivity index is 1.44. The van der Waals surface area contributed by atoms with Crippen molar-refractivity contribution in [1.29, 1.82) is 0 Å². The van der Waals surface area contributed by atoms with E-state index in [1.807, 2.05) is 18.5 Å². The van der Waals surface area contributed by atoms with Crippen molar-refractivity contribution >= 4 is 23.2 Å². The molecule has 1 aromatic carbocycles. The first kappa shape index (κ1) is 18.2. The molecule has 1 aliphatic heterocycles. The predicted molar refractivity (Wildman–Crippen MR) is 107 cm³/mol. The number of nitrogens with one attached hydrogen (secondary N) is 1. The summed E-state index contributed by atoms with van der Waals surface area (Å²) in [5.41, 5.74) is 3.87. The van der Waals surface area contributed by atoms with E-state index in [0.29, 0.717) is 19.1 Å². The van der Waals surface area contributed by atoms with Crippen molar-refractivity contribution < 1.29 is 9.59 Å². The highest BCUT2D eigenvalue weighted by Crippen LogP contribution is 2.28. The largest absolute Gasteiger partial charge is 0.353 e. The Morgan fingerprint density at radius 1 is 1.26 bits per heavy atom. The van der Waals surface area contributed by atoms with E-state index in [0.717, 1.165) is 24.9 Å². The van der Waals surface area contributed by atoms with E-state index in [1.165, 1.54) is 11.1 Å². The highest BCUT2D eigenvalue weighted by molar-refractivity contribution is 7.07. The maximum atomic E-state index is 12.8. The smallest absolute Gasteiger partial charge is 0.237 e. The van der Waals surface area contributed by atoms with Crippen LogP contribution in [0.4, 0.5) is 0 Å². The minimum absolute atomic E-state index is 0.0174. The van der Waals surface area contributed by atoms with Gasteiger partial charge in [0.25, 0.3) is 0 Å². The molecule has 1 aliphatic carbocycles. The van der Waals surface area contributed by atoms with E-state index in [-0.39, 0.29) is 24.3 Å². The van der Waals surface area contributed by atoms with Crippen LogP contribution in [0.25, 0.3) is 0 Å². The molecule has 2 aromatic rings. The summed E-state index contributed by atoms with van der Waals surface area (Å²) >= 11 is 1.63. The van der Waals surface area contributed by atoms with Gasteiger partial charge in [-0.3, -0.25) is 14.5 Å². The monoisotopic (exact) mass is 383 g/mol. The van der Waals surface area contributed by atoms with Gasteiger partial charge in [-0.05, 0) is 46.4 Å². The van der Waals surface area contributed by atoms with Crippen LogP contribution in [0, 0.1) is 0 Å². The molecule has 0 bridgehead atoms. The first-order chi connectivity index (χ1) is 13.1. The number of nitrogens with zero attached hydrogens (tertiary/aromatic N) is 2. The Morgan fingerprint density at radius 3 is 2.67 bits per heavy atom. The Hall–Kier alpha value is -2.18. The van der Waals surface area contributed by atoms with E-state index < -0.39 is 0 Å². The summed E-state index contributed by atoms with van der Waals surface area (Å²) in [6, 6.07) is 10.4. The number of carbonyl (C=O) groups excluding carboxylic acids is 2. The molecule has 1 saturated heterocycles. The standard InChI is InChI=1S/C21H25N3O2S/c1-23(13-15-6-9-27-14-15)20(25)12-19-21(26)22-7-8-24(19)18-10-16-4-2-3-5-17(16)11-18/h2-6,9,14,18-19H,7-8,10-13H2,1H3,(H,22,26). The fourth-order valence-electron chi connectivity index (χ4n) is 4.22. The lowest BCUT2D eigenvalue weighted by Crippen LogP contribution is -2.59. The third-order valence-electron chi connectivity index (χ3n) is 5.66. The lowest BCUT2D eigenvalue weighted by molar-refractivity contribution is -0.139. The Labute approximate surface area is 164 Å². The summed E-state index contributed by atoms with van der Waals surface area (Å²) in [6.45, 7) is 2.04. The summed E-state index contributed by atoms with van der Waals surface area (Å²) in [5, 5.41) is 7.02. The van der Waals surface area contributed by atoms with E-state index in [1.54, 1.807) is 16.2 Å². The molecule has 5 nitrogen and oxygen atoms in total. The van der Waals surface area contributed by atoms with Gasteiger partial charge in [0.2, 0.25) is 11.8 Å². The maximum absolute atomic E-state index is 12.8. The van der Waals surface area contributed by atoms with Gasteiger partial charge >= 0.3 is 0 Å². The minimum Gasteiger partial charge on any atom is -0.353 e. The number of carbonyl (C=O) groups is 2. The molecule has 1 unspecified atom stereocenters. The molecule has 1 atom stereocenters. The molecule has 2 amide bonds. The molecule has 6 heteroatoms. The van der Waals surface area contributed by atoms with Crippen LogP contribution in [-0.2, 0) is 29.0 Å². The van der Waals surface area contributed by atoms with Gasteiger partial charge in [0.05, 0.1) is 12.5 Å². The van der Waals surface area contributed by atoms with Crippen LogP contribution in [0.1, 0.15) is 23.1 Å². The lowest BCUT2D eigenvalue weighted by Gasteiger charge is -2.39. The average Bonchev–Trinajstić information content (AvgIpc) is 3.32. The lowest BCUT2D eigenvalue weighted by atomic mass is 10.0. The fraction of sp³-hybridized carbons (Fsp3) is 0.429. The third kappa shape index (κ3) is 3.92. The summed E-state index contributed by atoms with van der Waals surface area (Å²) in [6.07, 6.45) is 2.15. The van der Waals surface area contributed by atoms with Crippen LogP contribution in [0.15, 0.2) is 41.1 Å². The van der Waals surface area contributed by atoms with Crippen LogP contribution in [-0.4, -0.2) is 53.8 Å². The third-order valence-corrected chi connectivity index (χ3v) is 6.40. The van der Waals surface area contributed by atoms with Gasteiger partial charge in [-0.15, -0.1) is 0 Å². The average molecular weight is 384 g/mol. The molecule has 4 rings (SSSR count). The van der Waals surface area contributed by atoms with Crippen molar-refractivity contribution in [3.63, 3.8) is 0 Å². The molecule has 1 aromatic heterocycles. The van der Waals surface area contributed by atoms with E-state index in [9.17, 15) is 9.59 Å². The van der Waals surface area contributed by atoms with Gasteiger partial charge in [0.15, 0.2) is 0 Å². The summed E-state index contributed by atoms with van der Waals surface area (Å²) in [7, 11) is 1.82. The van der Waals surface area contributed by atoms with Crippen molar-refractivity contribution in [3.8, 4) is 0 Å². The number of rotatable bonds is 5. The van der Waals surface area contributed by atoms with Gasteiger partial charge in [-0.1, -0.05) is 24.3 Å². The van der Waals surface area contributed by atoms with Gasteiger partial charge in [0, 0.05) is 32.7 Å². The molecule has 1 N–H and O–H groups in total. The van der Waals surface area contributed by atoms with Gasteiger partial charge in [-0.25, -0.2) is 0 Å². The normalized spacial score (nSPS) is 20.3. The Kier molecular flexibility index (Phi) is 5.27. The number of amides is 2. The number of piperazine rings is 1. The van der Waals surface area contributed by atoms with E-state index in [2.05, 4.69) is 39.9 Å². The number of benzene rings is 1. The van der Waals surface area contributed by atoms with Gasteiger partial charge < -0.3 is 10.2 Å². The van der Waals surface area contributed by atoms with Crippen LogP contribution < -0.4 is 5.32 Å². The fourth-order valence-corrected chi connectivity index (χ4v) is 4.88. The van der Waals surface area contributed by atoms with Crippen molar-refractivity contribution in [2.45, 2.75) is 37.9 Å². The van der Waals surface area contributed by atoms with E-state index in [4.69, 9.17) is 0 Å². The van der Waals surface area contributed by atoms with Crippen LogP contribution in [0.2, 0.25) is 0 Å².